The van der Waals surface area contributed by atoms with E-state index in [4.69, 9.17) is 14.2 Å². The number of hydrogen-bond donors (Lipinski definition) is 3. The molecule has 1 atom stereocenters. The fourth-order valence-electron chi connectivity index (χ4n) is 4.88. The molecule has 0 bridgehead atoms. The molecule has 5 rings (SSSR count). The Morgan fingerprint density at radius 1 is 0.673 bits per heavy atom. The van der Waals surface area contributed by atoms with E-state index in [0.29, 0.717) is 39.8 Å². The van der Waals surface area contributed by atoms with Gasteiger partial charge in [-0.25, -0.2) is 0 Å². The van der Waals surface area contributed by atoms with Gasteiger partial charge in [0.2, 0.25) is 5.91 Å². The number of methoxy groups -OCH3 is 3. The molecule has 5 aromatic carbocycles. The van der Waals surface area contributed by atoms with Crippen LogP contribution >= 0.6 is 11.8 Å². The minimum atomic E-state index is -0.627. The molecule has 248 valence electrons. The van der Waals surface area contributed by atoms with Crippen LogP contribution in [-0.4, -0.2) is 39.1 Å². The Balaban J connectivity index is 1.42. The van der Waals surface area contributed by atoms with E-state index in [9.17, 15) is 14.4 Å². The lowest BCUT2D eigenvalue weighted by molar-refractivity contribution is -0.116. The van der Waals surface area contributed by atoms with Gasteiger partial charge in [-0.05, 0) is 72.3 Å². The minimum absolute atomic E-state index is 0.0168. The van der Waals surface area contributed by atoms with E-state index in [1.807, 2.05) is 48.5 Å². The number of amides is 3. The average Bonchev–Trinajstić information content (AvgIpc) is 3.14. The summed E-state index contributed by atoms with van der Waals surface area (Å²) in [6, 6.07) is 37.6. The van der Waals surface area contributed by atoms with Gasteiger partial charge in [0.25, 0.3) is 11.8 Å². The molecule has 0 aromatic heterocycles. The molecular weight excluding hydrogens is 639 g/mol. The summed E-state index contributed by atoms with van der Waals surface area (Å²) < 4.78 is 16.3. The summed E-state index contributed by atoms with van der Waals surface area (Å²) in [4.78, 5) is 41.4. The maximum absolute atomic E-state index is 13.8. The van der Waals surface area contributed by atoms with Crippen LogP contribution < -0.4 is 30.2 Å². The summed E-state index contributed by atoms with van der Waals surface area (Å²) in [6.45, 7) is 0. The number of hydrogen-bond acceptors (Lipinski definition) is 7. The zero-order valence-corrected chi connectivity index (χ0v) is 28.0. The third-order valence-corrected chi connectivity index (χ3v) is 8.56. The molecule has 0 saturated heterocycles. The first-order valence-corrected chi connectivity index (χ1v) is 16.1. The monoisotopic (exact) mass is 673 g/mol. The zero-order chi connectivity index (χ0) is 34.6. The second-order valence-electron chi connectivity index (χ2n) is 10.6. The van der Waals surface area contributed by atoms with Crippen molar-refractivity contribution in [2.45, 2.75) is 10.1 Å². The number of nitrogens with one attached hydrogen (secondary N) is 3. The van der Waals surface area contributed by atoms with Crippen LogP contribution in [0.5, 0.6) is 17.2 Å². The normalized spacial score (nSPS) is 11.5. The molecule has 0 spiro atoms. The lowest BCUT2D eigenvalue weighted by Crippen LogP contribution is -2.30. The molecule has 0 fully saturated rings. The summed E-state index contributed by atoms with van der Waals surface area (Å²) in [5, 5.41) is 8.02. The summed E-state index contributed by atoms with van der Waals surface area (Å²) in [5.41, 5.74) is 2.71. The Morgan fingerprint density at radius 3 is 2.08 bits per heavy atom. The smallest absolute Gasteiger partial charge is 0.272 e. The molecule has 0 aliphatic heterocycles. The zero-order valence-electron chi connectivity index (χ0n) is 27.1. The number of thioether (sulfide) groups is 1. The van der Waals surface area contributed by atoms with Crippen LogP contribution in [0.1, 0.15) is 26.7 Å². The van der Waals surface area contributed by atoms with E-state index >= 15 is 0 Å². The van der Waals surface area contributed by atoms with E-state index in [2.05, 4.69) is 16.0 Å². The molecule has 9 nitrogen and oxygen atoms in total. The molecule has 0 heterocycles. The third kappa shape index (κ3) is 9.09. The Morgan fingerprint density at radius 2 is 1.37 bits per heavy atom. The van der Waals surface area contributed by atoms with E-state index < -0.39 is 17.1 Å². The van der Waals surface area contributed by atoms with Crippen molar-refractivity contribution in [1.29, 1.82) is 0 Å². The third-order valence-electron chi connectivity index (χ3n) is 7.32. The van der Waals surface area contributed by atoms with Gasteiger partial charge in [-0.15, -0.1) is 11.8 Å². The highest BCUT2D eigenvalue weighted by molar-refractivity contribution is 8.00. The molecule has 0 aliphatic carbocycles. The lowest BCUT2D eigenvalue weighted by atomic mass is 10.1. The Bertz CT molecular complexity index is 1950. The second-order valence-corrected chi connectivity index (χ2v) is 11.7. The molecule has 0 aliphatic rings. The largest absolute Gasteiger partial charge is 0.497 e. The summed E-state index contributed by atoms with van der Waals surface area (Å²) >= 11 is 1.33. The molecular formula is C39H35N3O6S. The first-order chi connectivity index (χ1) is 23.9. The van der Waals surface area contributed by atoms with Gasteiger partial charge in [0.1, 0.15) is 28.2 Å². The van der Waals surface area contributed by atoms with Crippen LogP contribution in [0.3, 0.4) is 0 Å². The SMILES string of the molecule is COc1ccc(OC)c(/C=C(/NC(=O)c2ccccc2)C(=O)Nc2cccc(SC(C(=O)Nc3ccccc3OC)c3ccccc3)c2)c1. The molecule has 0 saturated carbocycles. The molecule has 49 heavy (non-hydrogen) atoms. The number of ether oxygens (including phenoxy) is 3. The van der Waals surface area contributed by atoms with Crippen molar-refractivity contribution in [3.05, 3.63) is 150 Å². The van der Waals surface area contributed by atoms with Gasteiger partial charge < -0.3 is 30.2 Å². The van der Waals surface area contributed by atoms with Crippen molar-refractivity contribution in [1.82, 2.24) is 5.32 Å². The second kappa shape index (κ2) is 16.7. The highest BCUT2D eigenvalue weighted by atomic mass is 32.2. The first-order valence-electron chi connectivity index (χ1n) is 15.3. The summed E-state index contributed by atoms with van der Waals surface area (Å²) in [7, 11) is 4.61. The van der Waals surface area contributed by atoms with Crippen molar-refractivity contribution in [3.8, 4) is 17.2 Å². The van der Waals surface area contributed by atoms with Gasteiger partial charge >= 0.3 is 0 Å². The molecule has 3 N–H and O–H groups in total. The van der Waals surface area contributed by atoms with E-state index in [0.717, 1.165) is 10.5 Å². The van der Waals surface area contributed by atoms with Gasteiger partial charge in [-0.1, -0.05) is 66.7 Å². The predicted octanol–water partition coefficient (Wildman–Crippen LogP) is 7.59. The fourth-order valence-corrected chi connectivity index (χ4v) is 5.96. The van der Waals surface area contributed by atoms with Gasteiger partial charge in [-0.3, -0.25) is 14.4 Å². The standard InChI is InChI=1S/C39H35N3O6S/c1-46-30-21-22-34(47-2)28(23-30)24-33(42-37(43)27-15-8-5-9-16-27)38(44)40-29-17-12-18-31(25-29)49-36(26-13-6-4-7-14-26)39(45)41-32-19-10-11-20-35(32)48-3/h4-25,36H,1-3H3,(H,40,44)(H,41,45)(H,42,43)/b33-24+. The maximum atomic E-state index is 13.8. The van der Waals surface area contributed by atoms with Crippen molar-refractivity contribution >= 4 is 46.9 Å². The first kappa shape index (κ1) is 34.3. The van der Waals surface area contributed by atoms with E-state index in [1.54, 1.807) is 86.0 Å². The van der Waals surface area contributed by atoms with Crippen LogP contribution in [0.4, 0.5) is 11.4 Å². The van der Waals surface area contributed by atoms with Gasteiger partial charge in [0.05, 0.1) is 27.0 Å². The lowest BCUT2D eigenvalue weighted by Gasteiger charge is -2.19. The van der Waals surface area contributed by atoms with Crippen LogP contribution in [0.2, 0.25) is 0 Å². The number of para-hydroxylation sites is 2. The van der Waals surface area contributed by atoms with Crippen molar-refractivity contribution < 1.29 is 28.6 Å². The average molecular weight is 674 g/mol. The predicted molar refractivity (Wildman–Crippen MR) is 193 cm³/mol. The molecule has 1 unspecified atom stereocenters. The van der Waals surface area contributed by atoms with Gasteiger partial charge in [0.15, 0.2) is 0 Å². The highest BCUT2D eigenvalue weighted by Crippen LogP contribution is 2.38. The van der Waals surface area contributed by atoms with Crippen LogP contribution in [0, 0.1) is 0 Å². The van der Waals surface area contributed by atoms with E-state index in [1.165, 1.54) is 32.1 Å². The fraction of sp³-hybridized carbons (Fsp3) is 0.103. The minimum Gasteiger partial charge on any atom is -0.497 e. The highest BCUT2D eigenvalue weighted by Gasteiger charge is 2.24. The number of carbonyl (C=O) groups excluding carboxylic acids is 3. The molecule has 5 aromatic rings. The topological polar surface area (TPSA) is 115 Å². The van der Waals surface area contributed by atoms with Crippen LogP contribution in [0.15, 0.2) is 138 Å². The summed E-state index contributed by atoms with van der Waals surface area (Å²) in [6.07, 6.45) is 1.53. The van der Waals surface area contributed by atoms with Crippen LogP contribution in [0.25, 0.3) is 6.08 Å². The van der Waals surface area contributed by atoms with Crippen molar-refractivity contribution in [3.63, 3.8) is 0 Å². The summed E-state index contributed by atoms with van der Waals surface area (Å²) in [5.74, 6) is 0.318. The Hall–Kier alpha value is -6.00. The number of benzene rings is 5. The van der Waals surface area contributed by atoms with Gasteiger partial charge in [-0.2, -0.15) is 0 Å². The van der Waals surface area contributed by atoms with Crippen LogP contribution in [-0.2, 0) is 9.59 Å². The van der Waals surface area contributed by atoms with Gasteiger partial charge in [0, 0.05) is 21.7 Å². The van der Waals surface area contributed by atoms with Crippen molar-refractivity contribution in [2.24, 2.45) is 0 Å². The molecule has 0 radical (unpaired) electrons. The maximum Gasteiger partial charge on any atom is 0.272 e. The number of carbonyl (C=O) groups is 3. The molecule has 10 heteroatoms. The quantitative estimate of drug-likeness (QED) is 0.0872. The van der Waals surface area contributed by atoms with Crippen molar-refractivity contribution in [2.75, 3.05) is 32.0 Å². The van der Waals surface area contributed by atoms with E-state index in [-0.39, 0.29) is 11.6 Å². The number of rotatable bonds is 13. The Labute approximate surface area is 289 Å². The molecule has 3 amide bonds. The number of anilines is 2. The Kier molecular flexibility index (Phi) is 11.7.